The highest BCUT2D eigenvalue weighted by Crippen LogP contribution is 2.39. The Balaban J connectivity index is 2.64. The number of halogens is 1. The Morgan fingerprint density at radius 3 is 3.00 bits per heavy atom. The van der Waals surface area contributed by atoms with E-state index in [1.54, 1.807) is 0 Å². The van der Waals surface area contributed by atoms with Gasteiger partial charge in [-0.15, -0.1) is 0 Å². The minimum absolute atomic E-state index is 0.00572. The van der Waals surface area contributed by atoms with Crippen molar-refractivity contribution in [1.82, 2.24) is 0 Å². The number of benzene rings is 1. The number of anilines is 1. The summed E-state index contributed by atoms with van der Waals surface area (Å²) in [4.78, 5) is 11.1. The molecule has 1 heterocycles. The van der Waals surface area contributed by atoms with Gasteiger partial charge < -0.3 is 15.6 Å². The van der Waals surface area contributed by atoms with E-state index < -0.39 is 5.97 Å². The molecule has 0 bridgehead atoms. The fourth-order valence-corrected chi connectivity index (χ4v) is 2.07. The zero-order valence-electron chi connectivity index (χ0n) is 8.79. The van der Waals surface area contributed by atoms with Crippen molar-refractivity contribution in [2.45, 2.75) is 25.9 Å². The molecular formula is C11H12ClNO3. The van der Waals surface area contributed by atoms with Crippen molar-refractivity contribution in [3.05, 3.63) is 22.2 Å². The van der Waals surface area contributed by atoms with E-state index in [9.17, 15) is 4.79 Å². The van der Waals surface area contributed by atoms with Gasteiger partial charge in [0, 0.05) is 5.56 Å². The quantitative estimate of drug-likeness (QED) is 0.741. The van der Waals surface area contributed by atoms with E-state index >= 15 is 0 Å². The Hall–Kier alpha value is -1.42. The number of ether oxygens (including phenoxy) is 1. The van der Waals surface area contributed by atoms with Crippen molar-refractivity contribution in [2.75, 3.05) is 5.73 Å². The fourth-order valence-electron chi connectivity index (χ4n) is 1.85. The predicted octanol–water partition coefficient (Wildman–Crippen LogP) is 2.33. The molecule has 1 aromatic rings. The molecule has 1 unspecified atom stereocenters. The zero-order chi connectivity index (χ0) is 11.9. The van der Waals surface area contributed by atoms with Gasteiger partial charge in [-0.2, -0.15) is 0 Å². The normalized spacial score (nSPS) is 18.8. The largest absolute Gasteiger partial charge is 0.489 e. The number of carbonyl (C=O) groups is 1. The number of hydrogen-bond acceptors (Lipinski definition) is 3. The van der Waals surface area contributed by atoms with E-state index in [1.165, 1.54) is 6.07 Å². The lowest BCUT2D eigenvalue weighted by atomic mass is 9.98. The predicted molar refractivity (Wildman–Crippen MR) is 61.2 cm³/mol. The number of hydrogen-bond donors (Lipinski definition) is 2. The maximum atomic E-state index is 11.1. The van der Waals surface area contributed by atoms with Crippen LogP contribution in [0.15, 0.2) is 6.07 Å². The highest BCUT2D eigenvalue weighted by Gasteiger charge is 2.26. The SMILES string of the molecule is CC1CCc2c(N)c(Cl)cc(C(=O)O)c2O1. The first-order chi connectivity index (χ1) is 7.50. The first-order valence-electron chi connectivity index (χ1n) is 5.01. The molecule has 0 saturated carbocycles. The molecule has 3 N–H and O–H groups in total. The first-order valence-corrected chi connectivity index (χ1v) is 5.39. The molecule has 1 aliphatic heterocycles. The summed E-state index contributed by atoms with van der Waals surface area (Å²) in [5.74, 6) is -0.680. The van der Waals surface area contributed by atoms with Gasteiger partial charge in [-0.05, 0) is 25.8 Å². The molecule has 0 aromatic heterocycles. The molecule has 0 saturated heterocycles. The van der Waals surface area contributed by atoms with E-state index in [0.717, 1.165) is 6.42 Å². The van der Waals surface area contributed by atoms with E-state index in [4.69, 9.17) is 27.2 Å². The number of rotatable bonds is 1. The van der Waals surface area contributed by atoms with Gasteiger partial charge in [-0.25, -0.2) is 4.79 Å². The van der Waals surface area contributed by atoms with Crippen molar-refractivity contribution in [2.24, 2.45) is 0 Å². The lowest BCUT2D eigenvalue weighted by Crippen LogP contribution is -2.22. The number of nitrogens with two attached hydrogens (primary N) is 1. The van der Waals surface area contributed by atoms with Gasteiger partial charge in [0.1, 0.15) is 11.3 Å². The summed E-state index contributed by atoms with van der Waals surface area (Å²) in [5, 5.41) is 9.34. The Morgan fingerprint density at radius 1 is 1.69 bits per heavy atom. The fraction of sp³-hybridized carbons (Fsp3) is 0.364. The van der Waals surface area contributed by atoms with Crippen LogP contribution in [-0.2, 0) is 6.42 Å². The molecule has 16 heavy (non-hydrogen) atoms. The Morgan fingerprint density at radius 2 is 2.38 bits per heavy atom. The molecule has 4 nitrogen and oxygen atoms in total. The number of fused-ring (bicyclic) bond motifs is 1. The summed E-state index contributed by atoms with van der Waals surface area (Å²) in [6.07, 6.45) is 1.52. The molecule has 1 atom stereocenters. The minimum atomic E-state index is -1.05. The molecule has 0 amide bonds. The summed E-state index contributed by atoms with van der Waals surface area (Å²) >= 11 is 5.89. The topological polar surface area (TPSA) is 72.6 Å². The van der Waals surface area contributed by atoms with E-state index in [-0.39, 0.29) is 16.7 Å². The van der Waals surface area contributed by atoms with Crippen LogP contribution in [0.4, 0.5) is 5.69 Å². The van der Waals surface area contributed by atoms with Crippen LogP contribution in [0.2, 0.25) is 5.02 Å². The smallest absolute Gasteiger partial charge is 0.339 e. The molecule has 1 aromatic carbocycles. The van der Waals surface area contributed by atoms with Crippen molar-refractivity contribution in [1.29, 1.82) is 0 Å². The second-order valence-electron chi connectivity index (χ2n) is 3.90. The molecule has 0 aliphatic carbocycles. The van der Waals surface area contributed by atoms with Crippen LogP contribution in [0.5, 0.6) is 5.75 Å². The van der Waals surface area contributed by atoms with Gasteiger partial charge in [-0.1, -0.05) is 11.6 Å². The molecule has 0 spiro atoms. The van der Waals surface area contributed by atoms with Gasteiger partial charge in [0.2, 0.25) is 0 Å². The maximum Gasteiger partial charge on any atom is 0.339 e. The average molecular weight is 242 g/mol. The molecule has 0 radical (unpaired) electrons. The van der Waals surface area contributed by atoms with Crippen LogP contribution in [0.3, 0.4) is 0 Å². The van der Waals surface area contributed by atoms with Crippen LogP contribution in [-0.4, -0.2) is 17.2 Å². The Labute approximate surface area is 98.0 Å². The highest BCUT2D eigenvalue weighted by molar-refractivity contribution is 6.33. The van der Waals surface area contributed by atoms with Crippen molar-refractivity contribution >= 4 is 23.3 Å². The third kappa shape index (κ3) is 1.69. The van der Waals surface area contributed by atoms with Crippen molar-refractivity contribution in [3.8, 4) is 5.75 Å². The van der Waals surface area contributed by atoms with Gasteiger partial charge in [0.05, 0.1) is 16.8 Å². The van der Waals surface area contributed by atoms with Gasteiger partial charge in [0.25, 0.3) is 0 Å². The average Bonchev–Trinajstić information content (AvgIpc) is 2.22. The molecule has 5 heteroatoms. The van der Waals surface area contributed by atoms with Crippen molar-refractivity contribution in [3.63, 3.8) is 0 Å². The van der Waals surface area contributed by atoms with Crippen LogP contribution >= 0.6 is 11.6 Å². The number of aromatic carboxylic acids is 1. The maximum absolute atomic E-state index is 11.1. The Bertz CT molecular complexity index is 459. The first kappa shape index (κ1) is 11.1. The third-order valence-electron chi connectivity index (χ3n) is 2.72. The van der Waals surface area contributed by atoms with E-state index in [1.807, 2.05) is 6.92 Å². The number of carboxylic acids is 1. The molecule has 86 valence electrons. The summed E-state index contributed by atoms with van der Waals surface area (Å²) in [5.41, 5.74) is 7.03. The van der Waals surface area contributed by atoms with Crippen LogP contribution in [0.25, 0.3) is 0 Å². The molecule has 0 fully saturated rings. The van der Waals surface area contributed by atoms with Gasteiger partial charge >= 0.3 is 5.97 Å². The zero-order valence-corrected chi connectivity index (χ0v) is 9.54. The molecule has 2 rings (SSSR count). The summed E-state index contributed by atoms with van der Waals surface area (Å²) in [6, 6.07) is 1.34. The molecular weight excluding hydrogens is 230 g/mol. The number of carboxylic acid groups (broad SMARTS) is 1. The standard InChI is InChI=1S/C11H12ClNO3/c1-5-2-3-6-9(13)8(12)4-7(11(14)15)10(6)16-5/h4-5H,2-3,13H2,1H3,(H,14,15). The lowest BCUT2D eigenvalue weighted by molar-refractivity contribution is 0.0687. The van der Waals surface area contributed by atoms with Crippen LogP contribution < -0.4 is 10.5 Å². The van der Waals surface area contributed by atoms with Crippen molar-refractivity contribution < 1.29 is 14.6 Å². The summed E-state index contributed by atoms with van der Waals surface area (Å²) < 4.78 is 5.54. The Kier molecular flexibility index (Phi) is 2.68. The van der Waals surface area contributed by atoms with Gasteiger partial charge in [0.15, 0.2) is 0 Å². The van der Waals surface area contributed by atoms with E-state index in [2.05, 4.69) is 0 Å². The van der Waals surface area contributed by atoms with Crippen LogP contribution in [0.1, 0.15) is 29.3 Å². The molecule has 1 aliphatic rings. The third-order valence-corrected chi connectivity index (χ3v) is 3.04. The second kappa shape index (κ2) is 3.87. The minimum Gasteiger partial charge on any atom is -0.489 e. The monoisotopic (exact) mass is 241 g/mol. The summed E-state index contributed by atoms with van der Waals surface area (Å²) in [7, 11) is 0. The summed E-state index contributed by atoms with van der Waals surface area (Å²) in [6.45, 7) is 1.90. The highest BCUT2D eigenvalue weighted by atomic mass is 35.5. The van der Waals surface area contributed by atoms with Crippen LogP contribution in [0, 0.1) is 0 Å². The number of nitrogen functional groups attached to an aromatic ring is 1. The second-order valence-corrected chi connectivity index (χ2v) is 4.31. The van der Waals surface area contributed by atoms with E-state index in [0.29, 0.717) is 23.4 Å². The van der Waals surface area contributed by atoms with Gasteiger partial charge in [-0.3, -0.25) is 0 Å². The lowest BCUT2D eigenvalue weighted by Gasteiger charge is -2.26.